The van der Waals surface area contributed by atoms with E-state index in [2.05, 4.69) is 10.3 Å². The first-order valence-electron chi connectivity index (χ1n) is 8.25. The van der Waals surface area contributed by atoms with Crippen LogP contribution in [-0.2, 0) is 21.2 Å². The molecule has 0 bridgehead atoms. The second-order valence-electron chi connectivity index (χ2n) is 6.13. The molecule has 0 radical (unpaired) electrons. The van der Waals surface area contributed by atoms with E-state index in [1.807, 2.05) is 25.1 Å². The van der Waals surface area contributed by atoms with E-state index < -0.39 is 15.9 Å². The van der Waals surface area contributed by atoms with Crippen LogP contribution < -0.4 is 5.32 Å². The molecule has 0 saturated heterocycles. The van der Waals surface area contributed by atoms with Gasteiger partial charge in [-0.05, 0) is 35.6 Å². The Kier molecular flexibility index (Phi) is 6.51. The van der Waals surface area contributed by atoms with Crippen LogP contribution in [0.2, 0.25) is 5.02 Å². The van der Waals surface area contributed by atoms with Gasteiger partial charge >= 0.3 is 0 Å². The number of halogens is 1. The number of anilines is 1. The van der Waals surface area contributed by atoms with Crippen molar-refractivity contribution in [3.05, 3.63) is 62.9 Å². The fourth-order valence-corrected chi connectivity index (χ4v) is 5.80. The first-order valence-corrected chi connectivity index (χ1v) is 11.8. The number of thiazole rings is 1. The van der Waals surface area contributed by atoms with Gasteiger partial charge in [0.15, 0.2) is 5.13 Å². The number of likely N-dealkylation sites (N-methyl/N-ethyl adjacent to an activating group) is 1. The molecule has 10 heteroatoms. The van der Waals surface area contributed by atoms with Gasteiger partial charge in [-0.3, -0.25) is 4.79 Å². The Labute approximate surface area is 176 Å². The summed E-state index contributed by atoms with van der Waals surface area (Å²) < 4.78 is 26.0. The molecule has 28 heavy (non-hydrogen) atoms. The smallest absolute Gasteiger partial charge is 0.252 e. The third-order valence-electron chi connectivity index (χ3n) is 3.94. The highest BCUT2D eigenvalue weighted by Crippen LogP contribution is 2.24. The van der Waals surface area contributed by atoms with Crippen LogP contribution in [0.3, 0.4) is 0 Å². The second-order valence-corrected chi connectivity index (χ2v) is 10.9. The van der Waals surface area contributed by atoms with Crippen molar-refractivity contribution in [1.29, 1.82) is 0 Å². The molecule has 0 aliphatic rings. The number of carbonyl (C=O) groups excluding carboxylic acids is 1. The summed E-state index contributed by atoms with van der Waals surface area (Å²) in [5.41, 5.74) is 2.07. The Balaban J connectivity index is 1.60. The topological polar surface area (TPSA) is 79.4 Å². The molecular formula is C18H18ClN3O3S3. The van der Waals surface area contributed by atoms with Crippen LogP contribution in [0.25, 0.3) is 0 Å². The minimum Gasteiger partial charge on any atom is -0.301 e. The highest BCUT2D eigenvalue weighted by atomic mass is 35.5. The van der Waals surface area contributed by atoms with Gasteiger partial charge in [-0.1, -0.05) is 29.8 Å². The molecule has 0 atom stereocenters. The Hall–Kier alpha value is -1.78. The third-order valence-corrected chi connectivity index (χ3v) is 8.44. The predicted molar refractivity (Wildman–Crippen MR) is 114 cm³/mol. The second kappa shape index (κ2) is 8.71. The normalized spacial score (nSPS) is 11.7. The van der Waals surface area contributed by atoms with E-state index in [9.17, 15) is 13.2 Å². The lowest BCUT2D eigenvalue weighted by Crippen LogP contribution is -2.34. The maximum Gasteiger partial charge on any atom is 0.252 e. The molecule has 148 valence electrons. The molecule has 1 aromatic carbocycles. The summed E-state index contributed by atoms with van der Waals surface area (Å²) in [6.45, 7) is 1.66. The maximum absolute atomic E-state index is 12.4. The molecule has 0 aliphatic carbocycles. The number of amides is 1. The minimum atomic E-state index is -3.66. The van der Waals surface area contributed by atoms with Crippen molar-refractivity contribution in [2.75, 3.05) is 18.9 Å². The Morgan fingerprint density at radius 2 is 2.11 bits per heavy atom. The quantitative estimate of drug-likeness (QED) is 0.583. The van der Waals surface area contributed by atoms with Crippen molar-refractivity contribution in [3.8, 4) is 0 Å². The van der Waals surface area contributed by atoms with Crippen LogP contribution in [0.15, 0.2) is 46.1 Å². The minimum absolute atomic E-state index is 0.205. The number of benzene rings is 1. The zero-order valence-electron chi connectivity index (χ0n) is 15.2. The number of thiophene rings is 1. The lowest BCUT2D eigenvalue weighted by atomic mass is 10.1. The maximum atomic E-state index is 12.4. The molecule has 3 aromatic rings. The summed E-state index contributed by atoms with van der Waals surface area (Å²) in [5.74, 6) is -0.443. The van der Waals surface area contributed by atoms with Gasteiger partial charge in [0.25, 0.3) is 10.0 Å². The molecule has 2 aromatic heterocycles. The molecule has 0 unspecified atom stereocenters. The molecule has 0 aliphatic heterocycles. The average Bonchev–Trinajstić information content (AvgIpc) is 3.30. The lowest BCUT2D eigenvalue weighted by Gasteiger charge is -2.14. The first-order chi connectivity index (χ1) is 13.3. The Morgan fingerprint density at radius 3 is 2.79 bits per heavy atom. The van der Waals surface area contributed by atoms with Gasteiger partial charge < -0.3 is 5.32 Å². The molecule has 3 rings (SSSR count). The average molecular weight is 456 g/mol. The van der Waals surface area contributed by atoms with Gasteiger partial charge in [-0.15, -0.1) is 22.7 Å². The molecule has 6 nitrogen and oxygen atoms in total. The van der Waals surface area contributed by atoms with Crippen LogP contribution in [-0.4, -0.2) is 37.2 Å². The van der Waals surface area contributed by atoms with Crippen molar-refractivity contribution in [3.63, 3.8) is 0 Å². The first kappa shape index (κ1) is 20.9. The van der Waals surface area contributed by atoms with Crippen LogP contribution in [0.5, 0.6) is 0 Å². The largest absolute Gasteiger partial charge is 0.301 e. The van der Waals surface area contributed by atoms with Crippen LogP contribution in [0.4, 0.5) is 5.13 Å². The molecule has 2 heterocycles. The predicted octanol–water partition coefficient (Wildman–Crippen LogP) is 4.02. The van der Waals surface area contributed by atoms with Crippen LogP contribution >= 0.6 is 34.3 Å². The van der Waals surface area contributed by atoms with Crippen molar-refractivity contribution >= 4 is 55.3 Å². The summed E-state index contributed by atoms with van der Waals surface area (Å²) in [6.07, 6.45) is 2.35. The van der Waals surface area contributed by atoms with E-state index in [1.165, 1.54) is 24.5 Å². The number of nitrogens with zero attached hydrogens (tertiary/aromatic N) is 2. The summed E-state index contributed by atoms with van der Waals surface area (Å²) in [7, 11) is -2.29. The van der Waals surface area contributed by atoms with E-state index >= 15 is 0 Å². The molecule has 1 amide bonds. The van der Waals surface area contributed by atoms with Gasteiger partial charge in [0.1, 0.15) is 4.21 Å². The van der Waals surface area contributed by atoms with Gasteiger partial charge in [-0.25, -0.2) is 13.4 Å². The molecule has 0 saturated carbocycles. The number of nitrogens with one attached hydrogen (secondary N) is 1. The Morgan fingerprint density at radius 1 is 1.32 bits per heavy atom. The third kappa shape index (κ3) is 4.98. The number of hydrogen-bond donors (Lipinski definition) is 1. The lowest BCUT2D eigenvalue weighted by molar-refractivity contribution is -0.116. The summed E-state index contributed by atoms with van der Waals surface area (Å²) in [5, 5.41) is 5.48. The van der Waals surface area contributed by atoms with Gasteiger partial charge in [0.2, 0.25) is 5.91 Å². The van der Waals surface area contributed by atoms with Crippen molar-refractivity contribution in [2.45, 2.75) is 17.6 Å². The van der Waals surface area contributed by atoms with Crippen molar-refractivity contribution in [1.82, 2.24) is 9.29 Å². The van der Waals surface area contributed by atoms with E-state index in [-0.39, 0.29) is 10.8 Å². The summed E-state index contributed by atoms with van der Waals surface area (Å²) in [4.78, 5) is 17.4. The molecule has 1 N–H and O–H groups in total. The zero-order valence-corrected chi connectivity index (χ0v) is 18.4. The standard InChI is InChI=1S/C18H18ClN3O3S3/c1-12-5-6-13(9-15(12)19)8-14-10-20-18(27-14)21-16(23)11-22(2)28(24,25)17-4-3-7-26-17/h3-7,9-10H,8,11H2,1-2H3,(H,20,21,23). The number of rotatable bonds is 7. The highest BCUT2D eigenvalue weighted by molar-refractivity contribution is 7.91. The van der Waals surface area contributed by atoms with E-state index in [4.69, 9.17) is 11.6 Å². The van der Waals surface area contributed by atoms with E-state index in [1.54, 1.807) is 17.6 Å². The number of aryl methyl sites for hydroxylation is 1. The van der Waals surface area contributed by atoms with Crippen molar-refractivity contribution < 1.29 is 13.2 Å². The SMILES string of the molecule is Cc1ccc(Cc2cnc(NC(=O)CN(C)S(=O)(=O)c3cccs3)s2)cc1Cl. The fraction of sp³-hybridized carbons (Fsp3) is 0.222. The Bertz CT molecular complexity index is 1080. The van der Waals surface area contributed by atoms with Crippen molar-refractivity contribution in [2.24, 2.45) is 0 Å². The number of carbonyl (C=O) groups is 1. The van der Waals surface area contributed by atoms with Gasteiger partial charge in [-0.2, -0.15) is 4.31 Å². The van der Waals surface area contributed by atoms with Crippen LogP contribution in [0, 0.1) is 6.92 Å². The number of hydrogen-bond acceptors (Lipinski definition) is 6. The number of aromatic nitrogens is 1. The fourth-order valence-electron chi connectivity index (χ4n) is 2.40. The summed E-state index contributed by atoms with van der Waals surface area (Å²) >= 11 is 8.61. The van der Waals surface area contributed by atoms with E-state index in [0.29, 0.717) is 16.6 Å². The molecule has 0 spiro atoms. The number of sulfonamides is 1. The highest BCUT2D eigenvalue weighted by Gasteiger charge is 2.24. The van der Waals surface area contributed by atoms with Crippen LogP contribution in [0.1, 0.15) is 16.0 Å². The monoisotopic (exact) mass is 455 g/mol. The zero-order chi connectivity index (χ0) is 20.3. The van der Waals surface area contributed by atoms with E-state index in [0.717, 1.165) is 31.6 Å². The summed E-state index contributed by atoms with van der Waals surface area (Å²) in [6, 6.07) is 9.05. The molecular weight excluding hydrogens is 438 g/mol. The molecule has 0 fully saturated rings. The van der Waals surface area contributed by atoms with Gasteiger partial charge in [0, 0.05) is 29.6 Å². The van der Waals surface area contributed by atoms with Gasteiger partial charge in [0.05, 0.1) is 6.54 Å².